The topological polar surface area (TPSA) is 77.1 Å². The molecular weight excluding hydrogens is 251 g/mol. The van der Waals surface area contributed by atoms with Crippen LogP contribution < -0.4 is 16.6 Å². The standard InChI is InChI=1S/C10H10F3N3O2/c1-9(4-10(11,12)13)15-7(17)6-3-2-5(14)8(18)16(6)9/h2-3H,4,14H2,1H3,(H,15,17). The van der Waals surface area contributed by atoms with Gasteiger partial charge in [0.1, 0.15) is 11.4 Å². The number of alkyl halides is 3. The Balaban J connectivity index is 2.62. The van der Waals surface area contributed by atoms with Gasteiger partial charge in [-0.2, -0.15) is 13.2 Å². The lowest BCUT2D eigenvalue weighted by atomic mass is 10.1. The zero-order valence-electron chi connectivity index (χ0n) is 9.34. The summed E-state index contributed by atoms with van der Waals surface area (Å²) in [6.07, 6.45) is -5.87. The second-order valence-electron chi connectivity index (χ2n) is 4.33. The van der Waals surface area contributed by atoms with Crippen LogP contribution in [0.15, 0.2) is 16.9 Å². The Labute approximate surface area is 99.4 Å². The van der Waals surface area contributed by atoms with Gasteiger partial charge in [-0.1, -0.05) is 0 Å². The van der Waals surface area contributed by atoms with E-state index in [4.69, 9.17) is 5.73 Å². The lowest BCUT2D eigenvalue weighted by molar-refractivity contribution is -0.155. The van der Waals surface area contributed by atoms with E-state index < -0.39 is 29.7 Å². The molecule has 3 N–H and O–H groups in total. The molecule has 0 fully saturated rings. The Morgan fingerprint density at radius 1 is 1.39 bits per heavy atom. The largest absolute Gasteiger partial charge is 0.394 e. The van der Waals surface area contributed by atoms with Crippen LogP contribution in [0.2, 0.25) is 0 Å². The van der Waals surface area contributed by atoms with Crippen LogP contribution in [0.25, 0.3) is 0 Å². The van der Waals surface area contributed by atoms with Gasteiger partial charge in [-0.05, 0) is 19.1 Å². The molecule has 1 unspecified atom stereocenters. The van der Waals surface area contributed by atoms with Crippen molar-refractivity contribution in [3.05, 3.63) is 28.2 Å². The van der Waals surface area contributed by atoms with Gasteiger partial charge in [0.05, 0.1) is 12.1 Å². The Morgan fingerprint density at radius 3 is 2.56 bits per heavy atom. The molecule has 98 valence electrons. The zero-order chi connectivity index (χ0) is 13.7. The third-order valence-electron chi connectivity index (χ3n) is 2.77. The molecule has 0 aromatic carbocycles. The van der Waals surface area contributed by atoms with E-state index >= 15 is 0 Å². The number of amides is 1. The fourth-order valence-electron chi connectivity index (χ4n) is 2.10. The Kier molecular flexibility index (Phi) is 2.42. The number of aromatic nitrogens is 1. The molecule has 2 heterocycles. The van der Waals surface area contributed by atoms with Crippen LogP contribution in [0.5, 0.6) is 0 Å². The molecule has 0 saturated carbocycles. The summed E-state index contributed by atoms with van der Waals surface area (Å²) in [4.78, 5) is 23.3. The quantitative estimate of drug-likeness (QED) is 0.785. The molecule has 1 amide bonds. The van der Waals surface area contributed by atoms with Crippen molar-refractivity contribution in [3.8, 4) is 0 Å². The van der Waals surface area contributed by atoms with Gasteiger partial charge in [-0.3, -0.25) is 14.2 Å². The van der Waals surface area contributed by atoms with Gasteiger partial charge in [-0.25, -0.2) is 0 Å². The van der Waals surface area contributed by atoms with Gasteiger partial charge in [0.2, 0.25) is 0 Å². The summed E-state index contributed by atoms with van der Waals surface area (Å²) in [7, 11) is 0. The highest BCUT2D eigenvalue weighted by molar-refractivity contribution is 5.95. The zero-order valence-corrected chi connectivity index (χ0v) is 9.34. The molecular formula is C10H10F3N3O2. The molecule has 18 heavy (non-hydrogen) atoms. The summed E-state index contributed by atoms with van der Waals surface area (Å²) in [5.74, 6) is -0.723. The van der Waals surface area contributed by atoms with Gasteiger partial charge >= 0.3 is 6.18 Å². The van der Waals surface area contributed by atoms with Crippen LogP contribution in [-0.4, -0.2) is 16.7 Å². The first-order valence-corrected chi connectivity index (χ1v) is 5.05. The van der Waals surface area contributed by atoms with E-state index in [0.29, 0.717) is 0 Å². The monoisotopic (exact) mass is 261 g/mol. The van der Waals surface area contributed by atoms with Crippen molar-refractivity contribution >= 4 is 11.6 Å². The first kappa shape index (κ1) is 12.5. The highest BCUT2D eigenvalue weighted by Gasteiger charge is 2.47. The number of nitrogens with zero attached hydrogens (tertiary/aromatic N) is 1. The van der Waals surface area contributed by atoms with Crippen molar-refractivity contribution in [1.29, 1.82) is 0 Å². The number of pyridine rings is 1. The molecule has 5 nitrogen and oxygen atoms in total. The average Bonchev–Trinajstić information content (AvgIpc) is 2.41. The van der Waals surface area contributed by atoms with E-state index in [0.717, 1.165) is 11.5 Å². The maximum atomic E-state index is 12.5. The van der Waals surface area contributed by atoms with E-state index in [9.17, 15) is 22.8 Å². The number of anilines is 1. The Bertz CT molecular complexity index is 579. The van der Waals surface area contributed by atoms with E-state index in [-0.39, 0.29) is 11.4 Å². The van der Waals surface area contributed by atoms with Crippen molar-refractivity contribution in [2.75, 3.05) is 5.73 Å². The number of halogens is 3. The number of fused-ring (bicyclic) bond motifs is 1. The lowest BCUT2D eigenvalue weighted by Crippen LogP contribution is -2.48. The van der Waals surface area contributed by atoms with Crippen LogP contribution in [0.1, 0.15) is 23.8 Å². The highest BCUT2D eigenvalue weighted by atomic mass is 19.4. The van der Waals surface area contributed by atoms with Crippen LogP contribution >= 0.6 is 0 Å². The molecule has 0 spiro atoms. The molecule has 1 aromatic heterocycles. The number of carbonyl (C=O) groups excluding carboxylic acids is 1. The number of nitrogens with two attached hydrogens (primary N) is 1. The van der Waals surface area contributed by atoms with E-state index in [1.54, 1.807) is 0 Å². The molecule has 0 bridgehead atoms. The van der Waals surface area contributed by atoms with Gasteiger partial charge in [-0.15, -0.1) is 0 Å². The predicted molar refractivity (Wildman–Crippen MR) is 56.9 cm³/mol. The molecule has 1 atom stereocenters. The summed E-state index contributed by atoms with van der Waals surface area (Å²) in [6, 6.07) is 2.43. The minimum Gasteiger partial charge on any atom is -0.394 e. The fourth-order valence-corrected chi connectivity index (χ4v) is 2.10. The number of rotatable bonds is 1. The van der Waals surface area contributed by atoms with E-state index in [1.165, 1.54) is 12.1 Å². The smallest absolute Gasteiger partial charge is 0.393 e. The van der Waals surface area contributed by atoms with Gasteiger partial charge in [0, 0.05) is 0 Å². The number of nitrogens with one attached hydrogen (secondary N) is 1. The SMILES string of the molecule is CC1(CC(F)(F)F)NC(=O)c2ccc(N)c(=O)n21. The second-order valence-corrected chi connectivity index (χ2v) is 4.33. The summed E-state index contributed by atoms with van der Waals surface area (Å²) in [6.45, 7) is 1.13. The maximum absolute atomic E-state index is 12.5. The molecule has 0 radical (unpaired) electrons. The van der Waals surface area contributed by atoms with Crippen LogP contribution in [-0.2, 0) is 5.66 Å². The molecule has 8 heteroatoms. The first-order valence-electron chi connectivity index (χ1n) is 5.05. The first-order chi connectivity index (χ1) is 8.14. The third kappa shape index (κ3) is 1.83. The minimum atomic E-state index is -4.52. The van der Waals surface area contributed by atoms with Gasteiger partial charge < -0.3 is 11.1 Å². The third-order valence-corrected chi connectivity index (χ3v) is 2.77. The van der Waals surface area contributed by atoms with Crippen molar-refractivity contribution in [1.82, 2.24) is 9.88 Å². The van der Waals surface area contributed by atoms with Crippen molar-refractivity contribution in [2.45, 2.75) is 25.2 Å². The van der Waals surface area contributed by atoms with Crippen molar-refractivity contribution in [3.63, 3.8) is 0 Å². The molecule has 0 saturated heterocycles. The molecule has 1 aliphatic rings. The van der Waals surface area contributed by atoms with Crippen molar-refractivity contribution in [2.24, 2.45) is 0 Å². The number of nitrogen functional groups attached to an aromatic ring is 1. The predicted octanol–water partition coefficient (Wildman–Crippen LogP) is 0.799. The Morgan fingerprint density at radius 2 is 2.00 bits per heavy atom. The van der Waals surface area contributed by atoms with Gasteiger partial charge in [0.25, 0.3) is 11.5 Å². The molecule has 1 aliphatic heterocycles. The normalized spacial score (nSPS) is 22.8. The number of hydrogen-bond acceptors (Lipinski definition) is 3. The summed E-state index contributed by atoms with van der Waals surface area (Å²) >= 11 is 0. The molecule has 2 rings (SSSR count). The maximum Gasteiger partial charge on any atom is 0.393 e. The summed E-state index contributed by atoms with van der Waals surface area (Å²) in [5, 5.41) is 2.17. The number of carbonyl (C=O) groups is 1. The van der Waals surface area contributed by atoms with Crippen molar-refractivity contribution < 1.29 is 18.0 Å². The summed E-state index contributed by atoms with van der Waals surface area (Å²) < 4.78 is 38.3. The van der Waals surface area contributed by atoms with E-state index in [2.05, 4.69) is 5.32 Å². The average molecular weight is 261 g/mol. The molecule has 0 aliphatic carbocycles. The van der Waals surface area contributed by atoms with Crippen LogP contribution in [0, 0.1) is 0 Å². The van der Waals surface area contributed by atoms with E-state index in [1.807, 2.05) is 0 Å². The van der Waals surface area contributed by atoms with Gasteiger partial charge in [0.15, 0.2) is 0 Å². The molecule has 1 aromatic rings. The minimum absolute atomic E-state index is 0.124. The Hall–Kier alpha value is -1.99. The highest BCUT2D eigenvalue weighted by Crippen LogP contribution is 2.33. The van der Waals surface area contributed by atoms with Crippen LogP contribution in [0.3, 0.4) is 0 Å². The number of hydrogen-bond donors (Lipinski definition) is 2. The fraction of sp³-hybridized carbons (Fsp3) is 0.400. The lowest BCUT2D eigenvalue weighted by Gasteiger charge is -2.28. The second kappa shape index (κ2) is 3.50. The van der Waals surface area contributed by atoms with Crippen LogP contribution in [0.4, 0.5) is 18.9 Å². The summed E-state index contributed by atoms with van der Waals surface area (Å²) in [5.41, 5.74) is 2.40.